The third-order valence-electron chi connectivity index (χ3n) is 5.56. The van der Waals surface area contributed by atoms with E-state index in [9.17, 15) is 9.18 Å². The summed E-state index contributed by atoms with van der Waals surface area (Å²) in [6.45, 7) is 4.93. The van der Waals surface area contributed by atoms with Crippen molar-refractivity contribution in [3.63, 3.8) is 0 Å². The van der Waals surface area contributed by atoms with Gasteiger partial charge in [-0.1, -0.05) is 18.2 Å². The first-order valence-electron chi connectivity index (χ1n) is 10.2. The Morgan fingerprint density at radius 1 is 1.07 bits per heavy atom. The summed E-state index contributed by atoms with van der Waals surface area (Å²) in [5.41, 5.74) is 0.451. The van der Waals surface area contributed by atoms with Crippen LogP contribution in [0.25, 0.3) is 0 Å². The molecule has 2 saturated heterocycles. The van der Waals surface area contributed by atoms with Crippen molar-refractivity contribution in [1.82, 2.24) is 14.8 Å². The second kappa shape index (κ2) is 10.1. The lowest BCUT2D eigenvalue weighted by molar-refractivity contribution is 0.0766. The third kappa shape index (κ3) is 5.21. The number of aromatic nitrogens is 1. The minimum Gasteiger partial charge on any atom is -0.485 e. The van der Waals surface area contributed by atoms with Crippen LogP contribution in [0.4, 0.5) is 10.2 Å². The highest BCUT2D eigenvalue weighted by Crippen LogP contribution is 2.23. The Kier molecular flexibility index (Phi) is 7.50. The van der Waals surface area contributed by atoms with E-state index >= 15 is 0 Å². The predicted octanol–water partition coefficient (Wildman–Crippen LogP) is 3.08. The van der Waals surface area contributed by atoms with E-state index in [1.165, 1.54) is 6.07 Å². The van der Waals surface area contributed by atoms with Crippen molar-refractivity contribution in [3.8, 4) is 5.75 Å². The highest BCUT2D eigenvalue weighted by molar-refractivity contribution is 5.93. The van der Waals surface area contributed by atoms with Crippen molar-refractivity contribution >= 4 is 24.1 Å². The minimum atomic E-state index is -0.380. The molecule has 1 unspecified atom stereocenters. The van der Waals surface area contributed by atoms with E-state index in [-0.39, 0.29) is 36.0 Å². The van der Waals surface area contributed by atoms with Crippen molar-refractivity contribution < 1.29 is 13.9 Å². The number of anilines is 1. The van der Waals surface area contributed by atoms with E-state index in [2.05, 4.69) is 21.8 Å². The molecule has 4 rings (SSSR count). The molecule has 2 aliphatic rings. The highest BCUT2D eigenvalue weighted by Gasteiger charge is 2.29. The van der Waals surface area contributed by atoms with Crippen LogP contribution < -0.4 is 9.64 Å². The van der Waals surface area contributed by atoms with E-state index in [4.69, 9.17) is 4.74 Å². The van der Waals surface area contributed by atoms with E-state index < -0.39 is 0 Å². The Morgan fingerprint density at radius 3 is 2.73 bits per heavy atom. The summed E-state index contributed by atoms with van der Waals surface area (Å²) in [5.74, 6) is 0.607. The monoisotopic (exact) mass is 434 g/mol. The van der Waals surface area contributed by atoms with Crippen LogP contribution in [0.1, 0.15) is 23.3 Å². The van der Waals surface area contributed by atoms with Gasteiger partial charge in [-0.05, 0) is 44.3 Å². The topological polar surface area (TPSA) is 48.9 Å². The number of benzene rings is 1. The fourth-order valence-electron chi connectivity index (χ4n) is 3.88. The van der Waals surface area contributed by atoms with Gasteiger partial charge in [-0.2, -0.15) is 0 Å². The number of hydrogen-bond acceptors (Lipinski definition) is 5. The Labute approximate surface area is 183 Å². The number of likely N-dealkylation sites (N-methyl/N-ethyl adjacent to an activating group) is 1. The maximum atomic E-state index is 13.8. The van der Waals surface area contributed by atoms with Crippen LogP contribution in [0.5, 0.6) is 5.75 Å². The summed E-state index contributed by atoms with van der Waals surface area (Å²) < 4.78 is 19.6. The highest BCUT2D eigenvalue weighted by atomic mass is 35.5. The second-order valence-electron chi connectivity index (χ2n) is 7.74. The zero-order chi connectivity index (χ0) is 20.2. The molecular weight excluding hydrogens is 407 g/mol. The molecule has 0 bridgehead atoms. The van der Waals surface area contributed by atoms with Gasteiger partial charge in [0.15, 0.2) is 11.6 Å². The van der Waals surface area contributed by atoms with Gasteiger partial charge in [0, 0.05) is 32.6 Å². The van der Waals surface area contributed by atoms with E-state index in [1.54, 1.807) is 29.2 Å². The summed E-state index contributed by atoms with van der Waals surface area (Å²) in [4.78, 5) is 23.9. The lowest BCUT2D eigenvalue weighted by Crippen LogP contribution is -2.33. The third-order valence-corrected chi connectivity index (χ3v) is 5.56. The normalized spacial score (nSPS) is 19.9. The number of carbonyl (C=O) groups excluding carboxylic acids is 1. The van der Waals surface area contributed by atoms with E-state index in [1.807, 2.05) is 12.1 Å². The molecule has 2 aliphatic heterocycles. The maximum absolute atomic E-state index is 13.8. The van der Waals surface area contributed by atoms with Gasteiger partial charge in [-0.3, -0.25) is 4.79 Å². The summed E-state index contributed by atoms with van der Waals surface area (Å²) in [5, 5.41) is 0. The van der Waals surface area contributed by atoms with Gasteiger partial charge in [0.05, 0.1) is 6.54 Å². The summed E-state index contributed by atoms with van der Waals surface area (Å²) in [6, 6.07) is 12.0. The van der Waals surface area contributed by atoms with Crippen molar-refractivity contribution in [2.24, 2.45) is 0 Å². The molecule has 2 aromatic rings. The van der Waals surface area contributed by atoms with Crippen LogP contribution in [-0.2, 0) is 0 Å². The fraction of sp³-hybridized carbons (Fsp3) is 0.455. The maximum Gasteiger partial charge on any atom is 0.272 e. The smallest absolute Gasteiger partial charge is 0.272 e. The average Bonchev–Trinajstić information content (AvgIpc) is 3.09. The van der Waals surface area contributed by atoms with Gasteiger partial charge in [-0.25, -0.2) is 9.37 Å². The van der Waals surface area contributed by atoms with Gasteiger partial charge in [-0.15, -0.1) is 12.4 Å². The molecule has 3 heterocycles. The summed E-state index contributed by atoms with van der Waals surface area (Å²) >= 11 is 0. The molecular formula is C22H28ClFN4O2. The number of halogens is 2. The molecule has 0 spiro atoms. The molecule has 0 N–H and O–H groups in total. The lowest BCUT2D eigenvalue weighted by atomic mass is 10.3. The van der Waals surface area contributed by atoms with Crippen LogP contribution in [-0.4, -0.2) is 73.1 Å². The largest absolute Gasteiger partial charge is 0.485 e. The Balaban J connectivity index is 0.00000256. The van der Waals surface area contributed by atoms with Crippen molar-refractivity contribution in [2.75, 3.05) is 51.2 Å². The fourth-order valence-corrected chi connectivity index (χ4v) is 3.88. The van der Waals surface area contributed by atoms with Crippen molar-refractivity contribution in [2.45, 2.75) is 18.9 Å². The summed E-state index contributed by atoms with van der Waals surface area (Å²) in [6.07, 6.45) is 1.55. The second-order valence-corrected chi connectivity index (χ2v) is 7.74. The van der Waals surface area contributed by atoms with Crippen LogP contribution >= 0.6 is 12.4 Å². The first kappa shape index (κ1) is 22.3. The molecule has 162 valence electrons. The molecule has 1 aromatic heterocycles. The van der Waals surface area contributed by atoms with Crippen molar-refractivity contribution in [3.05, 3.63) is 54.0 Å². The van der Waals surface area contributed by atoms with E-state index in [0.717, 1.165) is 38.4 Å². The molecule has 1 atom stereocenters. The SMILES string of the molecule is CN1CCCN(c2cccc(C(=O)N3CCC(Oc4ccccc4F)C3)n2)CC1.Cl. The molecule has 1 aromatic carbocycles. The quantitative estimate of drug-likeness (QED) is 0.740. The Hall–Kier alpha value is -2.38. The number of pyridine rings is 1. The molecule has 30 heavy (non-hydrogen) atoms. The molecule has 2 fully saturated rings. The van der Waals surface area contributed by atoms with Crippen molar-refractivity contribution in [1.29, 1.82) is 0 Å². The Bertz CT molecular complexity index is 869. The molecule has 0 radical (unpaired) electrons. The van der Waals surface area contributed by atoms with Crippen LogP contribution in [0, 0.1) is 5.82 Å². The van der Waals surface area contributed by atoms with E-state index in [0.29, 0.717) is 25.2 Å². The van der Waals surface area contributed by atoms with Gasteiger partial charge in [0.2, 0.25) is 0 Å². The zero-order valence-corrected chi connectivity index (χ0v) is 18.0. The van der Waals surface area contributed by atoms with Gasteiger partial charge in [0.25, 0.3) is 5.91 Å². The molecule has 0 aliphatic carbocycles. The van der Waals surface area contributed by atoms with Crippen LogP contribution in [0.15, 0.2) is 42.5 Å². The standard InChI is InChI=1S/C22H27FN4O2.ClH/c1-25-11-5-12-26(15-14-25)21-9-4-7-19(24-21)22(28)27-13-10-17(16-27)29-20-8-3-2-6-18(20)23;/h2-4,6-9,17H,5,10-16H2,1H3;1H. The lowest BCUT2D eigenvalue weighted by Gasteiger charge is -2.23. The predicted molar refractivity (Wildman–Crippen MR) is 117 cm³/mol. The van der Waals surface area contributed by atoms with Gasteiger partial charge < -0.3 is 19.4 Å². The molecule has 8 heteroatoms. The average molecular weight is 435 g/mol. The molecule has 6 nitrogen and oxygen atoms in total. The minimum absolute atomic E-state index is 0. The number of carbonyl (C=O) groups is 1. The van der Waals surface area contributed by atoms with Gasteiger partial charge in [0.1, 0.15) is 17.6 Å². The number of hydrogen-bond donors (Lipinski definition) is 0. The van der Waals surface area contributed by atoms with Crippen LogP contribution in [0.2, 0.25) is 0 Å². The molecule has 0 saturated carbocycles. The molecule has 1 amide bonds. The number of ether oxygens (including phenoxy) is 1. The Morgan fingerprint density at radius 2 is 1.90 bits per heavy atom. The summed E-state index contributed by atoms with van der Waals surface area (Å²) in [7, 11) is 2.13. The van der Waals surface area contributed by atoms with Gasteiger partial charge >= 0.3 is 0 Å². The first-order chi connectivity index (χ1) is 14.1. The number of rotatable bonds is 4. The van der Waals surface area contributed by atoms with Crippen LogP contribution in [0.3, 0.4) is 0 Å². The number of para-hydroxylation sites is 1. The zero-order valence-electron chi connectivity index (χ0n) is 17.2. The number of nitrogens with zero attached hydrogens (tertiary/aromatic N) is 4. The number of amides is 1. The first-order valence-corrected chi connectivity index (χ1v) is 10.2. The number of likely N-dealkylation sites (tertiary alicyclic amines) is 1.